The number of methoxy groups -OCH3 is 2. The molecule has 0 amide bonds. The summed E-state index contributed by atoms with van der Waals surface area (Å²) in [4.78, 5) is 14.2. The number of likely N-dealkylation sites (tertiary alicyclic amines) is 1. The van der Waals surface area contributed by atoms with Crippen LogP contribution in [0.1, 0.15) is 61.8 Å². The molecule has 160 valence electrons. The van der Waals surface area contributed by atoms with Crippen molar-refractivity contribution in [1.82, 2.24) is 4.90 Å². The van der Waals surface area contributed by atoms with E-state index in [2.05, 4.69) is 24.0 Å². The van der Waals surface area contributed by atoms with Gasteiger partial charge in [0.05, 0.1) is 25.8 Å². The summed E-state index contributed by atoms with van der Waals surface area (Å²) < 4.78 is 11.3. The van der Waals surface area contributed by atoms with Crippen molar-refractivity contribution >= 4 is 12.0 Å². The van der Waals surface area contributed by atoms with E-state index in [1.807, 2.05) is 30.3 Å². The monoisotopic (exact) mass is 408 g/mol. The average Bonchev–Trinajstić information content (AvgIpc) is 2.79. The van der Waals surface area contributed by atoms with Crippen LogP contribution >= 0.6 is 0 Å². The first-order valence-corrected chi connectivity index (χ1v) is 10.7. The molecular formula is C25H32N2O3. The molecule has 1 heterocycles. The molecule has 1 aliphatic rings. The van der Waals surface area contributed by atoms with Crippen molar-refractivity contribution in [3.8, 4) is 11.5 Å². The average molecular weight is 409 g/mol. The van der Waals surface area contributed by atoms with E-state index in [1.165, 1.54) is 0 Å². The summed E-state index contributed by atoms with van der Waals surface area (Å²) in [5.74, 6) is 1.58. The van der Waals surface area contributed by atoms with Crippen molar-refractivity contribution in [2.75, 3.05) is 14.2 Å². The van der Waals surface area contributed by atoms with E-state index in [9.17, 15) is 4.79 Å². The Balaban J connectivity index is 1.92. The molecule has 0 radical (unpaired) electrons. The van der Waals surface area contributed by atoms with Crippen molar-refractivity contribution in [1.29, 1.82) is 5.41 Å². The Morgan fingerprint density at radius 3 is 2.33 bits per heavy atom. The predicted octanol–water partition coefficient (Wildman–Crippen LogP) is 5.17. The largest absolute Gasteiger partial charge is 0.496 e. The lowest BCUT2D eigenvalue weighted by Crippen LogP contribution is -2.42. The Bertz CT molecular complexity index is 841. The lowest BCUT2D eigenvalue weighted by atomic mass is 9.89. The topological polar surface area (TPSA) is 62.6 Å². The minimum Gasteiger partial charge on any atom is -0.496 e. The minimum atomic E-state index is -0.142. The zero-order chi connectivity index (χ0) is 21.5. The number of hydrogen-bond acceptors (Lipinski definition) is 5. The zero-order valence-corrected chi connectivity index (χ0v) is 18.2. The SMILES string of the molecule is CCCC(=N)c1ccc(CN2C(C=O)CCCC2c2c(OC)cccc2OC)cc1. The van der Waals surface area contributed by atoms with E-state index in [0.29, 0.717) is 12.3 Å². The second kappa shape index (κ2) is 10.4. The van der Waals surface area contributed by atoms with Gasteiger partial charge in [0.2, 0.25) is 0 Å². The first kappa shape index (κ1) is 22.0. The van der Waals surface area contributed by atoms with Crippen LogP contribution in [0.2, 0.25) is 0 Å². The lowest BCUT2D eigenvalue weighted by molar-refractivity contribution is -0.115. The number of hydrogen-bond donors (Lipinski definition) is 1. The molecule has 0 spiro atoms. The molecule has 0 bridgehead atoms. The van der Waals surface area contributed by atoms with Crippen molar-refractivity contribution in [2.24, 2.45) is 0 Å². The van der Waals surface area contributed by atoms with Gasteiger partial charge in [0.1, 0.15) is 17.8 Å². The maximum absolute atomic E-state index is 11.9. The smallest absolute Gasteiger partial charge is 0.137 e. The Labute approximate surface area is 179 Å². The minimum absolute atomic E-state index is 0.0399. The third kappa shape index (κ3) is 4.73. The molecule has 1 fully saturated rings. The summed E-state index contributed by atoms with van der Waals surface area (Å²) in [5.41, 5.74) is 3.78. The van der Waals surface area contributed by atoms with Crippen LogP contribution in [0.15, 0.2) is 42.5 Å². The van der Waals surface area contributed by atoms with Crippen LogP contribution < -0.4 is 9.47 Å². The summed E-state index contributed by atoms with van der Waals surface area (Å²) in [5, 5.41) is 8.16. The summed E-state index contributed by atoms with van der Waals surface area (Å²) in [7, 11) is 3.35. The molecule has 0 aliphatic carbocycles. The predicted molar refractivity (Wildman–Crippen MR) is 120 cm³/mol. The number of aldehydes is 1. The van der Waals surface area contributed by atoms with Crippen LogP contribution in [0.4, 0.5) is 0 Å². The molecule has 1 saturated heterocycles. The first-order valence-electron chi connectivity index (χ1n) is 10.7. The van der Waals surface area contributed by atoms with Gasteiger partial charge in [-0.2, -0.15) is 0 Å². The van der Waals surface area contributed by atoms with Crippen LogP contribution in [0.5, 0.6) is 11.5 Å². The number of carbonyl (C=O) groups excluding carboxylic acids is 1. The van der Waals surface area contributed by atoms with Crippen molar-refractivity contribution in [2.45, 2.75) is 57.7 Å². The van der Waals surface area contributed by atoms with Gasteiger partial charge in [-0.05, 0) is 48.9 Å². The third-order valence-corrected chi connectivity index (χ3v) is 5.93. The Morgan fingerprint density at radius 1 is 1.10 bits per heavy atom. The van der Waals surface area contributed by atoms with E-state index in [-0.39, 0.29) is 12.1 Å². The van der Waals surface area contributed by atoms with Gasteiger partial charge in [-0.3, -0.25) is 4.90 Å². The number of piperidine rings is 1. The van der Waals surface area contributed by atoms with Crippen LogP contribution in [0, 0.1) is 5.41 Å². The third-order valence-electron chi connectivity index (χ3n) is 5.93. The molecule has 2 atom stereocenters. The number of carbonyl (C=O) groups is 1. The van der Waals surface area contributed by atoms with Gasteiger partial charge in [0.25, 0.3) is 0 Å². The van der Waals surface area contributed by atoms with Gasteiger partial charge in [-0.15, -0.1) is 0 Å². The summed E-state index contributed by atoms with van der Waals surface area (Å²) in [6.45, 7) is 2.75. The molecule has 2 unspecified atom stereocenters. The highest BCUT2D eigenvalue weighted by molar-refractivity contribution is 5.98. The molecule has 0 aromatic heterocycles. The van der Waals surface area contributed by atoms with E-state index in [1.54, 1.807) is 14.2 Å². The maximum Gasteiger partial charge on any atom is 0.137 e. The molecule has 0 saturated carbocycles. The van der Waals surface area contributed by atoms with Gasteiger partial charge in [0.15, 0.2) is 0 Å². The van der Waals surface area contributed by atoms with Gasteiger partial charge < -0.3 is 19.7 Å². The standard InChI is InChI=1S/C25H32N2O3/c1-4-7-21(26)19-14-12-18(13-15-19)16-27-20(17-28)8-5-9-22(27)25-23(29-2)10-6-11-24(25)30-3/h6,10-15,17,20,22,26H,4-5,7-9,16H2,1-3H3. The fourth-order valence-electron chi connectivity index (χ4n) is 4.39. The van der Waals surface area contributed by atoms with Crippen molar-refractivity contribution < 1.29 is 14.3 Å². The van der Waals surface area contributed by atoms with E-state index in [0.717, 1.165) is 66.6 Å². The van der Waals surface area contributed by atoms with E-state index in [4.69, 9.17) is 14.9 Å². The van der Waals surface area contributed by atoms with Crippen molar-refractivity contribution in [3.63, 3.8) is 0 Å². The highest BCUT2D eigenvalue weighted by Gasteiger charge is 2.34. The Morgan fingerprint density at radius 2 is 1.77 bits per heavy atom. The second-order valence-electron chi connectivity index (χ2n) is 7.82. The van der Waals surface area contributed by atoms with Gasteiger partial charge in [-0.25, -0.2) is 0 Å². The maximum atomic E-state index is 11.9. The molecule has 1 N–H and O–H groups in total. The van der Waals surface area contributed by atoms with Gasteiger partial charge in [0, 0.05) is 18.3 Å². The lowest BCUT2D eigenvalue weighted by Gasteiger charge is -2.41. The molecule has 1 aliphatic heterocycles. The summed E-state index contributed by atoms with van der Waals surface area (Å²) in [6.07, 6.45) is 5.61. The van der Waals surface area contributed by atoms with E-state index < -0.39 is 0 Å². The van der Waals surface area contributed by atoms with E-state index >= 15 is 0 Å². The second-order valence-corrected chi connectivity index (χ2v) is 7.82. The molecule has 3 rings (SSSR count). The number of nitrogens with one attached hydrogen (secondary N) is 1. The highest BCUT2D eigenvalue weighted by atomic mass is 16.5. The number of benzene rings is 2. The molecule has 30 heavy (non-hydrogen) atoms. The Kier molecular flexibility index (Phi) is 7.63. The zero-order valence-electron chi connectivity index (χ0n) is 18.2. The highest BCUT2D eigenvalue weighted by Crippen LogP contribution is 2.43. The summed E-state index contributed by atoms with van der Waals surface area (Å²) in [6, 6.07) is 13.9. The quantitative estimate of drug-likeness (QED) is 0.459. The van der Waals surface area contributed by atoms with Gasteiger partial charge in [-0.1, -0.05) is 43.7 Å². The van der Waals surface area contributed by atoms with Crippen LogP contribution in [0.3, 0.4) is 0 Å². The van der Waals surface area contributed by atoms with Gasteiger partial charge >= 0.3 is 0 Å². The normalized spacial score (nSPS) is 19.3. The van der Waals surface area contributed by atoms with Crippen LogP contribution in [0.25, 0.3) is 0 Å². The fourth-order valence-corrected chi connectivity index (χ4v) is 4.39. The molecular weight excluding hydrogens is 376 g/mol. The molecule has 5 heteroatoms. The molecule has 2 aromatic rings. The molecule has 2 aromatic carbocycles. The first-order chi connectivity index (χ1) is 14.6. The molecule has 5 nitrogen and oxygen atoms in total. The number of ether oxygens (including phenoxy) is 2. The number of rotatable bonds is 9. The Hall–Kier alpha value is -2.66. The fraction of sp³-hybridized carbons (Fsp3) is 0.440. The van der Waals surface area contributed by atoms with Crippen molar-refractivity contribution in [3.05, 3.63) is 59.2 Å². The van der Waals surface area contributed by atoms with Crippen LogP contribution in [-0.4, -0.2) is 37.2 Å². The van der Waals surface area contributed by atoms with Crippen LogP contribution in [-0.2, 0) is 11.3 Å². The summed E-state index contributed by atoms with van der Waals surface area (Å²) >= 11 is 0. The number of nitrogens with zero attached hydrogens (tertiary/aromatic N) is 1.